The Morgan fingerprint density at radius 3 is 2.50 bits per heavy atom. The number of benzene rings is 1. The number of hydrogen-bond acceptors (Lipinski definition) is 5. The lowest BCUT2D eigenvalue weighted by atomic mass is 10.0. The van der Waals surface area contributed by atoms with Crippen LogP contribution in [-0.4, -0.2) is 35.6 Å². The van der Waals surface area contributed by atoms with E-state index in [4.69, 9.17) is 9.57 Å². The zero-order valence-corrected chi connectivity index (χ0v) is 12.3. The minimum Gasteiger partial charge on any atom is -0.378 e. The van der Waals surface area contributed by atoms with Gasteiger partial charge < -0.3 is 9.57 Å². The Labute approximate surface area is 127 Å². The van der Waals surface area contributed by atoms with Crippen molar-refractivity contribution < 1.29 is 24.0 Å². The van der Waals surface area contributed by atoms with Gasteiger partial charge in [0.1, 0.15) is 0 Å². The Morgan fingerprint density at radius 2 is 1.95 bits per heavy atom. The average Bonchev–Trinajstić information content (AvgIpc) is 3.10. The molecule has 1 aromatic rings. The van der Waals surface area contributed by atoms with Crippen molar-refractivity contribution in [2.75, 3.05) is 6.61 Å². The largest absolute Gasteiger partial charge is 0.378 e. The molecule has 0 radical (unpaired) electrons. The van der Waals surface area contributed by atoms with Gasteiger partial charge in [0.2, 0.25) is 0 Å². The first-order chi connectivity index (χ1) is 10.6. The van der Waals surface area contributed by atoms with E-state index in [1.807, 2.05) is 0 Å². The van der Waals surface area contributed by atoms with Crippen LogP contribution in [-0.2, 0) is 14.4 Å². The Kier molecular flexibility index (Phi) is 3.94. The predicted octanol–water partition coefficient (Wildman–Crippen LogP) is 1.95. The summed E-state index contributed by atoms with van der Waals surface area (Å²) in [6, 6.07) is 6.41. The molecule has 2 heterocycles. The van der Waals surface area contributed by atoms with Gasteiger partial charge in [-0.05, 0) is 31.4 Å². The molecule has 0 saturated carbocycles. The molecule has 116 valence electrons. The summed E-state index contributed by atoms with van der Waals surface area (Å²) in [5.74, 6) is -2.23. The normalized spacial score (nSPS) is 21.9. The minimum absolute atomic E-state index is 0.0460. The standard InChI is InChI=1S/C16H17NO5/c1-10(9-11-5-4-8-21-11)16(20)22-17-14(18)12-6-2-3-7-13(12)15(17)19/h2-3,6-7,10-11H,4-5,8-9H2,1H3. The molecule has 0 spiro atoms. The molecule has 6 heteroatoms. The quantitative estimate of drug-likeness (QED) is 0.795. The second-order valence-electron chi connectivity index (χ2n) is 5.63. The van der Waals surface area contributed by atoms with Crippen molar-refractivity contribution in [2.45, 2.75) is 32.3 Å². The van der Waals surface area contributed by atoms with Crippen molar-refractivity contribution in [2.24, 2.45) is 5.92 Å². The highest BCUT2D eigenvalue weighted by Crippen LogP contribution is 2.25. The van der Waals surface area contributed by atoms with Gasteiger partial charge in [0, 0.05) is 6.61 Å². The average molecular weight is 303 g/mol. The Bertz CT molecular complexity index is 586. The number of hydroxylamine groups is 2. The maximum absolute atomic E-state index is 12.1. The first-order valence-electron chi connectivity index (χ1n) is 7.39. The van der Waals surface area contributed by atoms with Gasteiger partial charge in [0.05, 0.1) is 23.1 Å². The smallest absolute Gasteiger partial charge is 0.336 e. The van der Waals surface area contributed by atoms with E-state index in [0.717, 1.165) is 12.8 Å². The number of rotatable bonds is 4. The molecule has 0 bridgehead atoms. The van der Waals surface area contributed by atoms with E-state index < -0.39 is 23.7 Å². The van der Waals surface area contributed by atoms with E-state index >= 15 is 0 Å². The van der Waals surface area contributed by atoms with Crippen LogP contribution in [0, 0.1) is 5.92 Å². The Morgan fingerprint density at radius 1 is 1.32 bits per heavy atom. The monoisotopic (exact) mass is 303 g/mol. The maximum Gasteiger partial charge on any atom is 0.336 e. The van der Waals surface area contributed by atoms with Gasteiger partial charge in [-0.15, -0.1) is 0 Å². The molecule has 1 saturated heterocycles. The van der Waals surface area contributed by atoms with Crippen molar-refractivity contribution in [3.8, 4) is 0 Å². The number of amides is 2. The van der Waals surface area contributed by atoms with Gasteiger partial charge in [-0.3, -0.25) is 9.59 Å². The fourth-order valence-electron chi connectivity index (χ4n) is 2.75. The molecular weight excluding hydrogens is 286 g/mol. The molecule has 2 amide bonds. The summed E-state index contributed by atoms with van der Waals surface area (Å²) in [6.45, 7) is 2.42. The number of imide groups is 1. The van der Waals surface area contributed by atoms with Crippen LogP contribution in [0.5, 0.6) is 0 Å². The van der Waals surface area contributed by atoms with E-state index in [1.54, 1.807) is 31.2 Å². The van der Waals surface area contributed by atoms with Gasteiger partial charge >= 0.3 is 5.97 Å². The highest BCUT2D eigenvalue weighted by molar-refractivity contribution is 6.20. The van der Waals surface area contributed by atoms with Crippen LogP contribution < -0.4 is 0 Å². The van der Waals surface area contributed by atoms with Crippen LogP contribution in [0.3, 0.4) is 0 Å². The van der Waals surface area contributed by atoms with Crippen LogP contribution in [0.1, 0.15) is 46.9 Å². The lowest BCUT2D eigenvalue weighted by Gasteiger charge is -2.18. The zero-order chi connectivity index (χ0) is 15.7. The molecule has 0 aliphatic carbocycles. The van der Waals surface area contributed by atoms with E-state index in [1.165, 1.54) is 0 Å². The number of ether oxygens (including phenoxy) is 1. The molecule has 0 aromatic heterocycles. The summed E-state index contributed by atoms with van der Waals surface area (Å²) in [5, 5.41) is 0.555. The van der Waals surface area contributed by atoms with Gasteiger partial charge in [0.15, 0.2) is 0 Å². The molecule has 2 atom stereocenters. The fourth-order valence-corrected chi connectivity index (χ4v) is 2.75. The third-order valence-corrected chi connectivity index (χ3v) is 3.98. The number of hydrogen-bond donors (Lipinski definition) is 0. The molecule has 1 fully saturated rings. The Balaban J connectivity index is 1.65. The first-order valence-corrected chi connectivity index (χ1v) is 7.39. The summed E-state index contributed by atoms with van der Waals surface area (Å²) in [7, 11) is 0. The molecule has 2 aliphatic heterocycles. The fraction of sp³-hybridized carbons (Fsp3) is 0.438. The lowest BCUT2D eigenvalue weighted by molar-refractivity contribution is -0.174. The van der Waals surface area contributed by atoms with Crippen LogP contribution in [0.25, 0.3) is 0 Å². The SMILES string of the molecule is CC(CC1CCCO1)C(=O)ON1C(=O)c2ccccc2C1=O. The second-order valence-corrected chi connectivity index (χ2v) is 5.63. The summed E-state index contributed by atoms with van der Waals surface area (Å²) < 4.78 is 5.48. The number of carbonyl (C=O) groups excluding carboxylic acids is 3. The highest BCUT2D eigenvalue weighted by Gasteiger charge is 2.39. The number of fused-ring (bicyclic) bond motifs is 1. The first kappa shape index (κ1) is 14.7. The third kappa shape index (κ3) is 2.62. The van der Waals surface area contributed by atoms with Crippen molar-refractivity contribution in [1.29, 1.82) is 0 Å². The molecule has 2 unspecified atom stereocenters. The summed E-state index contributed by atoms with van der Waals surface area (Å²) >= 11 is 0. The van der Waals surface area contributed by atoms with Crippen molar-refractivity contribution in [3.63, 3.8) is 0 Å². The third-order valence-electron chi connectivity index (χ3n) is 3.98. The number of carbonyl (C=O) groups is 3. The second kappa shape index (κ2) is 5.88. The van der Waals surface area contributed by atoms with Crippen LogP contribution in [0.2, 0.25) is 0 Å². The molecule has 6 nitrogen and oxygen atoms in total. The molecule has 0 N–H and O–H groups in total. The van der Waals surface area contributed by atoms with Gasteiger partial charge in [-0.25, -0.2) is 4.79 Å². The summed E-state index contributed by atoms with van der Waals surface area (Å²) in [6.07, 6.45) is 2.49. The molecule has 22 heavy (non-hydrogen) atoms. The molecular formula is C16H17NO5. The molecule has 1 aromatic carbocycles. The minimum atomic E-state index is -0.599. The van der Waals surface area contributed by atoms with Crippen LogP contribution in [0.15, 0.2) is 24.3 Å². The van der Waals surface area contributed by atoms with Crippen LogP contribution in [0.4, 0.5) is 0 Å². The topological polar surface area (TPSA) is 72.9 Å². The van der Waals surface area contributed by atoms with Crippen LogP contribution >= 0.6 is 0 Å². The lowest BCUT2D eigenvalue weighted by Crippen LogP contribution is -2.35. The molecule has 3 rings (SSSR count). The Hall–Kier alpha value is -2.21. The summed E-state index contributed by atoms with van der Waals surface area (Å²) in [5.41, 5.74) is 0.513. The predicted molar refractivity (Wildman–Crippen MR) is 75.8 cm³/mol. The molecule has 2 aliphatic rings. The van der Waals surface area contributed by atoms with Crippen molar-refractivity contribution >= 4 is 17.8 Å². The number of nitrogens with zero attached hydrogens (tertiary/aromatic N) is 1. The highest BCUT2D eigenvalue weighted by atomic mass is 16.7. The van der Waals surface area contributed by atoms with E-state index in [-0.39, 0.29) is 17.2 Å². The van der Waals surface area contributed by atoms with E-state index in [9.17, 15) is 14.4 Å². The maximum atomic E-state index is 12.1. The summed E-state index contributed by atoms with van der Waals surface area (Å²) in [4.78, 5) is 41.4. The van der Waals surface area contributed by atoms with Crippen molar-refractivity contribution in [3.05, 3.63) is 35.4 Å². The van der Waals surface area contributed by atoms with E-state index in [2.05, 4.69) is 0 Å². The van der Waals surface area contributed by atoms with Gasteiger partial charge in [-0.1, -0.05) is 24.1 Å². The zero-order valence-electron chi connectivity index (χ0n) is 12.3. The van der Waals surface area contributed by atoms with Gasteiger partial charge in [-0.2, -0.15) is 0 Å². The van der Waals surface area contributed by atoms with Gasteiger partial charge in [0.25, 0.3) is 11.8 Å². The van der Waals surface area contributed by atoms with Crippen molar-refractivity contribution in [1.82, 2.24) is 5.06 Å². The van der Waals surface area contributed by atoms with E-state index in [0.29, 0.717) is 18.1 Å².